The summed E-state index contributed by atoms with van der Waals surface area (Å²) in [6.07, 6.45) is 6.91. The van der Waals surface area contributed by atoms with Crippen LogP contribution in [0.25, 0.3) is 0 Å². The average Bonchev–Trinajstić information content (AvgIpc) is 2.70. The summed E-state index contributed by atoms with van der Waals surface area (Å²) in [6.45, 7) is 5.44. The molecule has 0 radical (unpaired) electrons. The van der Waals surface area contributed by atoms with Crippen LogP contribution in [0, 0.1) is 0 Å². The maximum atomic E-state index is 5.01. The summed E-state index contributed by atoms with van der Waals surface area (Å²) in [7, 11) is 1.76. The van der Waals surface area contributed by atoms with E-state index in [1.165, 1.54) is 25.7 Å². The summed E-state index contributed by atoms with van der Waals surface area (Å²) in [5, 5.41) is 5.20. The largest absolute Gasteiger partial charge is 0.385 e. The van der Waals surface area contributed by atoms with Crippen molar-refractivity contribution in [1.82, 2.24) is 5.32 Å². The fraction of sp³-hybridized carbons (Fsp3) is 1.00. The van der Waals surface area contributed by atoms with Crippen molar-refractivity contribution < 1.29 is 4.74 Å². The molecule has 1 N–H and O–H groups in total. The van der Waals surface area contributed by atoms with Crippen LogP contribution in [-0.2, 0) is 4.74 Å². The Morgan fingerprint density at radius 1 is 1.40 bits per heavy atom. The van der Waals surface area contributed by atoms with Gasteiger partial charge in [-0.15, -0.1) is 0 Å². The SMILES string of the molecule is COCCCNCC(C)SC1CCCC1. The van der Waals surface area contributed by atoms with Gasteiger partial charge in [0, 0.05) is 30.8 Å². The summed E-state index contributed by atoms with van der Waals surface area (Å²) in [5.74, 6) is 0. The zero-order chi connectivity index (χ0) is 10.9. The molecule has 1 saturated carbocycles. The Morgan fingerprint density at radius 3 is 2.80 bits per heavy atom. The van der Waals surface area contributed by atoms with E-state index >= 15 is 0 Å². The van der Waals surface area contributed by atoms with E-state index in [-0.39, 0.29) is 0 Å². The summed E-state index contributed by atoms with van der Waals surface area (Å²) in [5.41, 5.74) is 0. The van der Waals surface area contributed by atoms with Crippen LogP contribution in [0.15, 0.2) is 0 Å². The van der Waals surface area contributed by atoms with Crippen LogP contribution in [0.2, 0.25) is 0 Å². The molecule has 0 saturated heterocycles. The van der Waals surface area contributed by atoms with Crippen LogP contribution < -0.4 is 5.32 Å². The molecule has 0 bridgehead atoms. The van der Waals surface area contributed by atoms with Gasteiger partial charge in [-0.25, -0.2) is 0 Å². The number of rotatable bonds is 8. The van der Waals surface area contributed by atoms with Crippen molar-refractivity contribution in [2.45, 2.75) is 49.5 Å². The first kappa shape index (κ1) is 13.3. The van der Waals surface area contributed by atoms with Gasteiger partial charge in [0.2, 0.25) is 0 Å². The van der Waals surface area contributed by atoms with Crippen LogP contribution in [0.3, 0.4) is 0 Å². The molecule has 1 aliphatic rings. The predicted molar refractivity (Wildman–Crippen MR) is 68.7 cm³/mol. The van der Waals surface area contributed by atoms with E-state index in [2.05, 4.69) is 24.0 Å². The minimum absolute atomic E-state index is 0.760. The second-order valence-electron chi connectivity index (χ2n) is 4.40. The van der Waals surface area contributed by atoms with Gasteiger partial charge in [0.05, 0.1) is 0 Å². The highest BCUT2D eigenvalue weighted by molar-refractivity contribution is 8.00. The Hall–Kier alpha value is 0.270. The Balaban J connectivity index is 1.91. The summed E-state index contributed by atoms with van der Waals surface area (Å²) < 4.78 is 5.01. The van der Waals surface area contributed by atoms with E-state index in [4.69, 9.17) is 4.74 Å². The molecule has 0 heterocycles. The van der Waals surface area contributed by atoms with Crippen LogP contribution in [0.5, 0.6) is 0 Å². The highest BCUT2D eigenvalue weighted by atomic mass is 32.2. The van der Waals surface area contributed by atoms with Crippen molar-refractivity contribution in [2.75, 3.05) is 26.8 Å². The molecule has 3 heteroatoms. The van der Waals surface area contributed by atoms with Gasteiger partial charge in [0.25, 0.3) is 0 Å². The molecule has 1 unspecified atom stereocenters. The van der Waals surface area contributed by atoms with Crippen molar-refractivity contribution in [1.29, 1.82) is 0 Å². The van der Waals surface area contributed by atoms with Crippen LogP contribution in [0.1, 0.15) is 39.0 Å². The standard InChI is InChI=1S/C12H25NOS/c1-11(10-13-8-5-9-14-2)15-12-6-3-4-7-12/h11-13H,3-10H2,1-2H3. The predicted octanol–water partition coefficient (Wildman–Crippen LogP) is 2.68. The van der Waals surface area contributed by atoms with E-state index in [1.807, 2.05) is 0 Å². The second-order valence-corrected chi connectivity index (χ2v) is 6.15. The summed E-state index contributed by atoms with van der Waals surface area (Å²) >= 11 is 2.18. The fourth-order valence-electron chi connectivity index (χ4n) is 2.05. The lowest BCUT2D eigenvalue weighted by atomic mass is 10.4. The molecule has 0 aromatic rings. The quantitative estimate of drug-likeness (QED) is 0.649. The highest BCUT2D eigenvalue weighted by Gasteiger charge is 2.17. The van der Waals surface area contributed by atoms with Gasteiger partial charge in [-0.2, -0.15) is 11.8 Å². The number of hydrogen-bond donors (Lipinski definition) is 1. The third kappa shape index (κ3) is 6.44. The van der Waals surface area contributed by atoms with E-state index in [0.717, 1.165) is 36.6 Å². The maximum Gasteiger partial charge on any atom is 0.0474 e. The molecular formula is C12H25NOS. The van der Waals surface area contributed by atoms with Crippen LogP contribution in [-0.4, -0.2) is 37.3 Å². The Labute approximate surface area is 98.5 Å². The third-order valence-electron chi connectivity index (χ3n) is 2.86. The first-order valence-corrected chi connectivity index (χ1v) is 7.12. The van der Waals surface area contributed by atoms with Gasteiger partial charge >= 0.3 is 0 Å². The van der Waals surface area contributed by atoms with E-state index in [9.17, 15) is 0 Å². The van der Waals surface area contributed by atoms with Gasteiger partial charge in [-0.3, -0.25) is 0 Å². The second kappa shape index (κ2) is 8.43. The Morgan fingerprint density at radius 2 is 2.13 bits per heavy atom. The van der Waals surface area contributed by atoms with E-state index in [1.54, 1.807) is 7.11 Å². The van der Waals surface area contributed by atoms with Crippen molar-refractivity contribution in [3.63, 3.8) is 0 Å². The number of thioether (sulfide) groups is 1. The highest BCUT2D eigenvalue weighted by Crippen LogP contribution is 2.31. The van der Waals surface area contributed by atoms with Crippen LogP contribution >= 0.6 is 11.8 Å². The minimum atomic E-state index is 0.760. The fourth-order valence-corrected chi connectivity index (χ4v) is 3.52. The van der Waals surface area contributed by atoms with E-state index < -0.39 is 0 Å². The van der Waals surface area contributed by atoms with Crippen molar-refractivity contribution >= 4 is 11.8 Å². The molecule has 0 aliphatic heterocycles. The normalized spacial score (nSPS) is 19.6. The zero-order valence-corrected chi connectivity index (χ0v) is 10.9. The monoisotopic (exact) mass is 231 g/mol. The molecular weight excluding hydrogens is 206 g/mol. The molecule has 15 heavy (non-hydrogen) atoms. The van der Waals surface area contributed by atoms with Crippen molar-refractivity contribution in [3.05, 3.63) is 0 Å². The van der Waals surface area contributed by atoms with Gasteiger partial charge in [0.1, 0.15) is 0 Å². The minimum Gasteiger partial charge on any atom is -0.385 e. The zero-order valence-electron chi connectivity index (χ0n) is 10.1. The molecule has 0 aromatic carbocycles. The number of methoxy groups -OCH3 is 1. The van der Waals surface area contributed by atoms with Crippen molar-refractivity contribution in [3.8, 4) is 0 Å². The molecule has 90 valence electrons. The average molecular weight is 231 g/mol. The summed E-state index contributed by atoms with van der Waals surface area (Å²) in [6, 6.07) is 0. The smallest absolute Gasteiger partial charge is 0.0474 e. The molecule has 0 spiro atoms. The molecule has 0 amide bonds. The number of hydrogen-bond acceptors (Lipinski definition) is 3. The maximum absolute atomic E-state index is 5.01. The molecule has 1 aliphatic carbocycles. The summed E-state index contributed by atoms with van der Waals surface area (Å²) in [4.78, 5) is 0. The van der Waals surface area contributed by atoms with Gasteiger partial charge in [-0.1, -0.05) is 19.8 Å². The topological polar surface area (TPSA) is 21.3 Å². The lowest BCUT2D eigenvalue weighted by Gasteiger charge is -2.16. The lowest BCUT2D eigenvalue weighted by Crippen LogP contribution is -2.25. The molecule has 1 rings (SSSR count). The lowest BCUT2D eigenvalue weighted by molar-refractivity contribution is 0.194. The van der Waals surface area contributed by atoms with Crippen LogP contribution in [0.4, 0.5) is 0 Å². The molecule has 0 aromatic heterocycles. The Bertz CT molecular complexity index is 149. The third-order valence-corrected chi connectivity index (χ3v) is 4.35. The first-order chi connectivity index (χ1) is 7.33. The number of ether oxygens (including phenoxy) is 1. The van der Waals surface area contributed by atoms with Crippen molar-refractivity contribution in [2.24, 2.45) is 0 Å². The van der Waals surface area contributed by atoms with Gasteiger partial charge in [0.15, 0.2) is 0 Å². The van der Waals surface area contributed by atoms with Gasteiger partial charge in [-0.05, 0) is 25.8 Å². The van der Waals surface area contributed by atoms with E-state index in [0.29, 0.717) is 0 Å². The Kier molecular flexibility index (Phi) is 7.49. The molecule has 2 nitrogen and oxygen atoms in total. The molecule has 1 atom stereocenters. The number of nitrogens with one attached hydrogen (secondary N) is 1. The van der Waals surface area contributed by atoms with Gasteiger partial charge < -0.3 is 10.1 Å². The molecule has 1 fully saturated rings. The first-order valence-electron chi connectivity index (χ1n) is 6.18.